The summed E-state index contributed by atoms with van der Waals surface area (Å²) < 4.78 is 5.64. The van der Waals surface area contributed by atoms with Gasteiger partial charge in [0.25, 0.3) is 0 Å². The molecule has 26 heavy (non-hydrogen) atoms. The number of rotatable bonds is 9. The van der Waals surface area contributed by atoms with Crippen molar-refractivity contribution in [1.29, 1.82) is 0 Å². The number of hydrogen-bond donors (Lipinski definition) is 2. The fraction of sp³-hybridized carbons (Fsp3) is 0.950. The van der Waals surface area contributed by atoms with Crippen LogP contribution in [-0.4, -0.2) is 87.4 Å². The van der Waals surface area contributed by atoms with Crippen molar-refractivity contribution in [2.45, 2.75) is 52.0 Å². The van der Waals surface area contributed by atoms with Gasteiger partial charge in [0.2, 0.25) is 0 Å². The number of piperazine rings is 3. The van der Waals surface area contributed by atoms with Gasteiger partial charge in [-0.25, -0.2) is 0 Å². The summed E-state index contributed by atoms with van der Waals surface area (Å²) in [6, 6.07) is 0.625. The Balaban J connectivity index is 1.52. The smallest absolute Gasteiger partial charge is 0.191 e. The van der Waals surface area contributed by atoms with Crippen LogP contribution in [-0.2, 0) is 4.74 Å². The maximum absolute atomic E-state index is 5.64. The minimum absolute atomic E-state index is 0.358. The average Bonchev–Trinajstić information content (AvgIpc) is 3.14. The third-order valence-corrected chi connectivity index (χ3v) is 6.46. The first kappa shape index (κ1) is 19.9. The maximum Gasteiger partial charge on any atom is 0.191 e. The largest absolute Gasteiger partial charge is 0.382 e. The highest BCUT2D eigenvalue weighted by molar-refractivity contribution is 5.79. The monoisotopic (exact) mass is 365 g/mol. The Morgan fingerprint density at radius 3 is 2.50 bits per heavy atom. The highest BCUT2D eigenvalue weighted by Crippen LogP contribution is 2.41. The fourth-order valence-corrected chi connectivity index (χ4v) is 4.77. The van der Waals surface area contributed by atoms with Gasteiger partial charge in [-0.05, 0) is 38.5 Å². The van der Waals surface area contributed by atoms with Crippen molar-refractivity contribution in [3.63, 3.8) is 0 Å². The third-order valence-electron chi connectivity index (χ3n) is 6.46. The van der Waals surface area contributed by atoms with E-state index in [2.05, 4.69) is 34.3 Å². The van der Waals surface area contributed by atoms with Gasteiger partial charge >= 0.3 is 0 Å². The molecule has 2 N–H and O–H groups in total. The van der Waals surface area contributed by atoms with E-state index in [1.807, 2.05) is 0 Å². The number of aliphatic imine (C=N–C) groups is 1. The Morgan fingerprint density at radius 1 is 1.12 bits per heavy atom. The highest BCUT2D eigenvalue weighted by atomic mass is 16.5. The molecule has 4 aliphatic rings. The fourth-order valence-electron chi connectivity index (χ4n) is 4.77. The van der Waals surface area contributed by atoms with Crippen molar-refractivity contribution in [3.05, 3.63) is 0 Å². The van der Waals surface area contributed by atoms with E-state index in [0.717, 1.165) is 45.2 Å². The molecule has 3 heterocycles. The van der Waals surface area contributed by atoms with Crippen LogP contribution in [0.25, 0.3) is 0 Å². The lowest BCUT2D eigenvalue weighted by Crippen LogP contribution is -2.63. The summed E-state index contributed by atoms with van der Waals surface area (Å²) in [7, 11) is 0. The van der Waals surface area contributed by atoms with Crippen LogP contribution in [0, 0.1) is 5.41 Å². The van der Waals surface area contributed by atoms with Crippen molar-refractivity contribution in [2.24, 2.45) is 10.4 Å². The molecule has 0 aromatic carbocycles. The zero-order valence-electron chi connectivity index (χ0n) is 16.9. The molecule has 6 nitrogen and oxygen atoms in total. The van der Waals surface area contributed by atoms with Crippen LogP contribution >= 0.6 is 0 Å². The van der Waals surface area contributed by atoms with Gasteiger partial charge < -0.3 is 15.4 Å². The predicted octanol–water partition coefficient (Wildman–Crippen LogP) is 1.53. The lowest BCUT2D eigenvalue weighted by molar-refractivity contribution is 0.0154. The van der Waals surface area contributed by atoms with Gasteiger partial charge in [0, 0.05) is 71.6 Å². The minimum atomic E-state index is 0.358. The van der Waals surface area contributed by atoms with Crippen LogP contribution < -0.4 is 10.6 Å². The Hall–Kier alpha value is -0.850. The van der Waals surface area contributed by atoms with Crippen molar-refractivity contribution in [1.82, 2.24) is 20.4 Å². The molecule has 0 aromatic rings. The highest BCUT2D eigenvalue weighted by Gasteiger charge is 2.34. The third kappa shape index (κ3) is 5.33. The summed E-state index contributed by atoms with van der Waals surface area (Å²) in [6.07, 6.45) is 6.44. The van der Waals surface area contributed by atoms with E-state index in [4.69, 9.17) is 9.73 Å². The van der Waals surface area contributed by atoms with Crippen LogP contribution in [0.5, 0.6) is 0 Å². The van der Waals surface area contributed by atoms with E-state index in [1.54, 1.807) is 0 Å². The van der Waals surface area contributed by atoms with E-state index in [1.165, 1.54) is 58.4 Å². The van der Waals surface area contributed by atoms with Gasteiger partial charge in [0.05, 0.1) is 0 Å². The Kier molecular flexibility index (Phi) is 7.58. The summed E-state index contributed by atoms with van der Waals surface area (Å²) in [6.45, 7) is 14.9. The Bertz CT molecular complexity index is 441. The summed E-state index contributed by atoms with van der Waals surface area (Å²) >= 11 is 0. The molecular formula is C20H39N5O. The van der Waals surface area contributed by atoms with E-state index in [0.29, 0.717) is 11.5 Å². The van der Waals surface area contributed by atoms with Crippen molar-refractivity contribution in [3.8, 4) is 0 Å². The van der Waals surface area contributed by atoms with Gasteiger partial charge in [0.15, 0.2) is 5.96 Å². The lowest BCUT2D eigenvalue weighted by atomic mass is 9.83. The van der Waals surface area contributed by atoms with Gasteiger partial charge in [-0.1, -0.05) is 12.8 Å². The van der Waals surface area contributed by atoms with E-state index in [-0.39, 0.29) is 0 Å². The zero-order valence-corrected chi connectivity index (χ0v) is 16.9. The summed E-state index contributed by atoms with van der Waals surface area (Å²) in [5.41, 5.74) is 0.358. The minimum Gasteiger partial charge on any atom is -0.382 e. The predicted molar refractivity (Wildman–Crippen MR) is 108 cm³/mol. The molecule has 1 saturated carbocycles. The standard InChI is InChI=1S/C20H39N5O/c1-3-21-19(22-15-18-16-24-10-12-25(18)13-11-24)23-17-20(7-5-6-8-20)9-14-26-4-2/h18H,3-17H2,1-2H3,(H2,21,22,23). The average molecular weight is 366 g/mol. The molecule has 1 atom stereocenters. The molecule has 1 aliphatic carbocycles. The molecule has 4 fully saturated rings. The zero-order chi connectivity index (χ0) is 18.2. The molecule has 2 bridgehead atoms. The number of ether oxygens (including phenoxy) is 1. The molecule has 150 valence electrons. The molecule has 1 unspecified atom stereocenters. The lowest BCUT2D eigenvalue weighted by Gasteiger charge is -2.47. The van der Waals surface area contributed by atoms with Crippen molar-refractivity contribution >= 4 is 5.96 Å². The molecular weight excluding hydrogens is 326 g/mol. The van der Waals surface area contributed by atoms with Gasteiger partial charge in [-0.2, -0.15) is 0 Å². The molecule has 0 spiro atoms. The normalized spacial score (nSPS) is 30.5. The first-order chi connectivity index (χ1) is 12.7. The second-order valence-corrected chi connectivity index (χ2v) is 8.22. The molecule has 4 rings (SSSR count). The number of nitrogens with one attached hydrogen (secondary N) is 2. The Morgan fingerprint density at radius 2 is 1.88 bits per heavy atom. The molecule has 0 amide bonds. The van der Waals surface area contributed by atoms with E-state index in [9.17, 15) is 0 Å². The molecule has 0 aromatic heterocycles. The maximum atomic E-state index is 5.64. The van der Waals surface area contributed by atoms with Crippen LogP contribution in [0.3, 0.4) is 0 Å². The summed E-state index contributed by atoms with van der Waals surface area (Å²) in [4.78, 5) is 10.2. The van der Waals surface area contributed by atoms with E-state index < -0.39 is 0 Å². The van der Waals surface area contributed by atoms with Crippen LogP contribution in [0.1, 0.15) is 46.0 Å². The first-order valence-electron chi connectivity index (χ1n) is 10.8. The SMILES string of the molecule is CCNC(=NCC1(CCOCC)CCCC1)NCC1CN2CCN1CC2. The summed E-state index contributed by atoms with van der Waals surface area (Å²) in [5.74, 6) is 0.993. The molecule has 0 radical (unpaired) electrons. The number of nitrogens with zero attached hydrogens (tertiary/aromatic N) is 3. The van der Waals surface area contributed by atoms with E-state index >= 15 is 0 Å². The second kappa shape index (κ2) is 9.90. The summed E-state index contributed by atoms with van der Waals surface area (Å²) in [5, 5.41) is 7.07. The van der Waals surface area contributed by atoms with Crippen molar-refractivity contribution < 1.29 is 4.74 Å². The van der Waals surface area contributed by atoms with Crippen molar-refractivity contribution in [2.75, 3.05) is 65.6 Å². The molecule has 3 saturated heterocycles. The second-order valence-electron chi connectivity index (χ2n) is 8.22. The molecule has 6 heteroatoms. The first-order valence-corrected chi connectivity index (χ1v) is 10.8. The van der Waals surface area contributed by atoms with Gasteiger partial charge in [-0.3, -0.25) is 14.8 Å². The number of guanidine groups is 1. The Labute approximate surface area is 159 Å². The number of fused-ring (bicyclic) bond motifs is 3. The van der Waals surface area contributed by atoms with Crippen LogP contribution in [0.15, 0.2) is 4.99 Å². The molecule has 3 aliphatic heterocycles. The number of hydrogen-bond acceptors (Lipinski definition) is 4. The van der Waals surface area contributed by atoms with Crippen LogP contribution in [0.2, 0.25) is 0 Å². The van der Waals surface area contributed by atoms with Gasteiger partial charge in [0.1, 0.15) is 0 Å². The van der Waals surface area contributed by atoms with Crippen LogP contribution in [0.4, 0.5) is 0 Å². The topological polar surface area (TPSA) is 52.1 Å². The van der Waals surface area contributed by atoms with Gasteiger partial charge in [-0.15, -0.1) is 0 Å². The quantitative estimate of drug-likeness (QED) is 0.369.